The summed E-state index contributed by atoms with van der Waals surface area (Å²) in [6, 6.07) is 7.86. The molecule has 1 N–H and O–H groups in total. The minimum atomic E-state index is -0.933. The minimum Gasteiger partial charge on any atom is -0.314 e. The number of benzene rings is 1. The van der Waals surface area contributed by atoms with E-state index < -0.39 is 6.17 Å². The van der Waals surface area contributed by atoms with Gasteiger partial charge in [0.2, 0.25) is 0 Å². The Morgan fingerprint density at radius 3 is 2.47 bits per heavy atom. The number of nitrogens with zero attached hydrogens (tertiary/aromatic N) is 6. The van der Waals surface area contributed by atoms with Gasteiger partial charge in [-0.3, -0.25) is 9.36 Å². The number of piperidine rings is 1. The molecule has 0 spiro atoms. The molecule has 0 radical (unpaired) electrons. The second-order valence-electron chi connectivity index (χ2n) is 7.56. The summed E-state index contributed by atoms with van der Waals surface area (Å²) in [5.41, 5.74) is 4.80. The fourth-order valence-electron chi connectivity index (χ4n) is 3.81. The molecule has 1 aliphatic rings. The van der Waals surface area contributed by atoms with Gasteiger partial charge in [-0.1, -0.05) is 18.2 Å². The molecule has 30 heavy (non-hydrogen) atoms. The number of alkyl halides is 1. The number of aryl methyl sites for hydroxylation is 1. The summed E-state index contributed by atoms with van der Waals surface area (Å²) in [5.74, 6) is 0.652. The molecular weight excluding hydrogens is 381 g/mol. The van der Waals surface area contributed by atoms with Gasteiger partial charge < -0.3 is 5.32 Å². The fraction of sp³-hybridized carbons (Fsp3) is 0.273. The zero-order valence-corrected chi connectivity index (χ0v) is 16.6. The highest BCUT2D eigenvalue weighted by Crippen LogP contribution is 2.27. The van der Waals surface area contributed by atoms with E-state index in [-0.39, 0.29) is 6.04 Å². The maximum Gasteiger partial charge on any atom is 0.159 e. The van der Waals surface area contributed by atoms with Crippen molar-refractivity contribution in [3.8, 4) is 33.6 Å². The van der Waals surface area contributed by atoms with Crippen molar-refractivity contribution in [2.45, 2.75) is 18.6 Å². The first kappa shape index (κ1) is 18.6. The van der Waals surface area contributed by atoms with Gasteiger partial charge in [0.25, 0.3) is 0 Å². The first-order valence-electron chi connectivity index (χ1n) is 9.98. The van der Waals surface area contributed by atoms with Gasteiger partial charge >= 0.3 is 0 Å². The number of hydrogen-bond acceptors (Lipinski definition) is 5. The molecule has 1 aromatic carbocycles. The SMILES string of the molecule is Cn1cc(-c2cccc(-c3ncc(-c4cnn(C5CCNC[C@@H]5F)c4)cn3)c2)cn1. The number of hydrogen-bond donors (Lipinski definition) is 1. The lowest BCUT2D eigenvalue weighted by Gasteiger charge is -2.26. The smallest absolute Gasteiger partial charge is 0.159 e. The predicted octanol–water partition coefficient (Wildman–Crippen LogP) is 3.28. The van der Waals surface area contributed by atoms with Crippen LogP contribution < -0.4 is 5.32 Å². The normalized spacial score (nSPS) is 19.1. The molecule has 2 atom stereocenters. The van der Waals surface area contributed by atoms with Gasteiger partial charge in [-0.25, -0.2) is 14.4 Å². The van der Waals surface area contributed by atoms with Crippen LogP contribution in [0.2, 0.25) is 0 Å². The Morgan fingerprint density at radius 2 is 1.70 bits per heavy atom. The van der Waals surface area contributed by atoms with Crippen molar-refractivity contribution >= 4 is 0 Å². The Balaban J connectivity index is 1.38. The number of nitrogens with one attached hydrogen (secondary N) is 1. The van der Waals surface area contributed by atoms with Crippen molar-refractivity contribution in [3.05, 3.63) is 61.4 Å². The summed E-state index contributed by atoms with van der Waals surface area (Å²) >= 11 is 0. The molecule has 152 valence electrons. The zero-order chi connectivity index (χ0) is 20.5. The van der Waals surface area contributed by atoms with E-state index in [0.717, 1.165) is 40.8 Å². The molecule has 0 bridgehead atoms. The topological polar surface area (TPSA) is 73.5 Å². The van der Waals surface area contributed by atoms with Crippen LogP contribution in [0.5, 0.6) is 0 Å². The molecule has 0 aliphatic carbocycles. The Kier molecular flexibility index (Phi) is 4.84. The molecule has 4 aromatic rings. The van der Waals surface area contributed by atoms with Gasteiger partial charge in [0.1, 0.15) is 6.17 Å². The van der Waals surface area contributed by atoms with Crippen LogP contribution in [0.1, 0.15) is 12.5 Å². The van der Waals surface area contributed by atoms with Gasteiger partial charge in [0.05, 0.1) is 18.4 Å². The lowest BCUT2D eigenvalue weighted by Crippen LogP contribution is -2.39. The van der Waals surface area contributed by atoms with Gasteiger partial charge in [-0.2, -0.15) is 10.2 Å². The Hall–Kier alpha value is -3.39. The number of halogens is 1. The van der Waals surface area contributed by atoms with Gasteiger partial charge in [-0.05, 0) is 24.6 Å². The first-order chi connectivity index (χ1) is 14.7. The maximum atomic E-state index is 14.2. The van der Waals surface area contributed by atoms with Crippen LogP contribution in [0.15, 0.2) is 61.4 Å². The third-order valence-electron chi connectivity index (χ3n) is 5.46. The molecule has 0 saturated carbocycles. The third-order valence-corrected chi connectivity index (χ3v) is 5.46. The van der Waals surface area contributed by atoms with Crippen LogP contribution in [0.4, 0.5) is 4.39 Å². The van der Waals surface area contributed by atoms with Crippen molar-refractivity contribution in [3.63, 3.8) is 0 Å². The van der Waals surface area contributed by atoms with E-state index >= 15 is 0 Å². The van der Waals surface area contributed by atoms with Gasteiger partial charge in [0.15, 0.2) is 5.82 Å². The molecule has 1 aliphatic heterocycles. The molecule has 5 rings (SSSR count). The monoisotopic (exact) mass is 403 g/mol. The Morgan fingerprint density at radius 1 is 0.933 bits per heavy atom. The van der Waals surface area contributed by atoms with Crippen LogP contribution in [0.3, 0.4) is 0 Å². The molecule has 1 fully saturated rings. The fourth-order valence-corrected chi connectivity index (χ4v) is 3.81. The summed E-state index contributed by atoms with van der Waals surface area (Å²) in [5, 5.41) is 11.7. The van der Waals surface area contributed by atoms with E-state index in [1.54, 1.807) is 28.0 Å². The van der Waals surface area contributed by atoms with Crippen molar-refractivity contribution in [1.82, 2.24) is 34.8 Å². The van der Waals surface area contributed by atoms with E-state index in [4.69, 9.17) is 0 Å². The lowest BCUT2D eigenvalue weighted by molar-refractivity contribution is 0.173. The summed E-state index contributed by atoms with van der Waals surface area (Å²) < 4.78 is 17.7. The molecule has 3 aromatic heterocycles. The Bertz CT molecular complexity index is 1150. The predicted molar refractivity (Wildman–Crippen MR) is 112 cm³/mol. The van der Waals surface area contributed by atoms with E-state index in [0.29, 0.717) is 12.4 Å². The largest absolute Gasteiger partial charge is 0.314 e. The van der Waals surface area contributed by atoms with Crippen molar-refractivity contribution in [2.24, 2.45) is 7.05 Å². The average Bonchev–Trinajstić information content (AvgIpc) is 3.44. The van der Waals surface area contributed by atoms with E-state index in [2.05, 4.69) is 31.5 Å². The summed E-state index contributed by atoms with van der Waals surface area (Å²) in [6.07, 6.45) is 10.8. The standard InChI is InChI=1S/C22H22FN7/c1-29-13-18(10-27-29)15-3-2-4-16(7-15)22-25-8-17(9-26-22)19-11-28-30(14-19)21-5-6-24-12-20(21)23/h2-4,7-11,13-14,20-21,24H,5-6,12H2,1H3/t20-,21?/m0/s1. The molecular formula is C22H22FN7. The number of aromatic nitrogens is 6. The quantitative estimate of drug-likeness (QED) is 0.566. The van der Waals surface area contributed by atoms with Crippen LogP contribution in [0.25, 0.3) is 33.6 Å². The van der Waals surface area contributed by atoms with Gasteiger partial charge in [0, 0.05) is 60.6 Å². The van der Waals surface area contributed by atoms with E-state index in [9.17, 15) is 4.39 Å². The molecule has 8 heteroatoms. The van der Waals surface area contributed by atoms with Crippen LogP contribution in [-0.2, 0) is 7.05 Å². The summed E-state index contributed by atoms with van der Waals surface area (Å²) in [7, 11) is 1.90. The average molecular weight is 403 g/mol. The molecule has 1 unspecified atom stereocenters. The summed E-state index contributed by atoms with van der Waals surface area (Å²) in [4.78, 5) is 9.10. The third kappa shape index (κ3) is 3.61. The number of rotatable bonds is 4. The lowest BCUT2D eigenvalue weighted by atomic mass is 10.1. The van der Waals surface area contributed by atoms with E-state index in [1.165, 1.54) is 0 Å². The highest BCUT2D eigenvalue weighted by Gasteiger charge is 2.26. The molecule has 1 saturated heterocycles. The first-order valence-corrected chi connectivity index (χ1v) is 9.98. The molecule has 4 heterocycles. The van der Waals surface area contributed by atoms with Crippen molar-refractivity contribution in [1.29, 1.82) is 0 Å². The van der Waals surface area contributed by atoms with Crippen LogP contribution >= 0.6 is 0 Å². The summed E-state index contributed by atoms with van der Waals surface area (Å²) in [6.45, 7) is 1.17. The minimum absolute atomic E-state index is 0.226. The second-order valence-corrected chi connectivity index (χ2v) is 7.56. The second kappa shape index (κ2) is 7.79. The highest BCUT2D eigenvalue weighted by atomic mass is 19.1. The van der Waals surface area contributed by atoms with Gasteiger partial charge in [-0.15, -0.1) is 0 Å². The van der Waals surface area contributed by atoms with Crippen LogP contribution in [0, 0.1) is 0 Å². The zero-order valence-electron chi connectivity index (χ0n) is 16.6. The van der Waals surface area contributed by atoms with E-state index in [1.807, 2.05) is 43.8 Å². The maximum absolute atomic E-state index is 14.2. The van der Waals surface area contributed by atoms with Crippen molar-refractivity contribution < 1.29 is 4.39 Å². The molecule has 7 nitrogen and oxygen atoms in total. The Labute approximate surface area is 173 Å². The highest BCUT2D eigenvalue weighted by molar-refractivity contribution is 5.70. The van der Waals surface area contributed by atoms with Crippen LogP contribution in [-0.4, -0.2) is 48.8 Å². The van der Waals surface area contributed by atoms with Crippen molar-refractivity contribution in [2.75, 3.05) is 13.1 Å². The molecule has 0 amide bonds.